The van der Waals surface area contributed by atoms with Crippen molar-refractivity contribution in [2.75, 3.05) is 29.9 Å². The van der Waals surface area contributed by atoms with E-state index in [-0.39, 0.29) is 0 Å². The molecule has 2 aromatic rings. The molecule has 6 nitrogen and oxygen atoms in total. The number of aromatic nitrogens is 4. The smallest absolute Gasteiger partial charge is 0.151 e. The molecule has 1 saturated heterocycles. The Morgan fingerprint density at radius 1 is 1.13 bits per heavy atom. The number of anilines is 2. The molecule has 6 heteroatoms. The summed E-state index contributed by atoms with van der Waals surface area (Å²) in [6.45, 7) is 4.96. The lowest BCUT2D eigenvalue weighted by Crippen LogP contribution is -2.50. The first-order valence-corrected chi connectivity index (χ1v) is 8.41. The molecule has 3 heterocycles. The Labute approximate surface area is 136 Å². The highest BCUT2D eigenvalue weighted by molar-refractivity contribution is 5.45. The predicted octanol–water partition coefficient (Wildman–Crippen LogP) is 2.00. The molecule has 0 spiro atoms. The van der Waals surface area contributed by atoms with Crippen LogP contribution >= 0.6 is 0 Å². The molecule has 120 valence electrons. The van der Waals surface area contributed by atoms with Crippen molar-refractivity contribution in [3.05, 3.63) is 35.4 Å². The summed E-state index contributed by atoms with van der Waals surface area (Å²) in [6, 6.07) is 2.25. The first-order chi connectivity index (χ1) is 11.3. The SMILES string of the molecule is Cc1nccnc1NCC1CN(c2cc3c(nn2)CCCC3)C1. The lowest BCUT2D eigenvalue weighted by Gasteiger charge is -2.40. The first kappa shape index (κ1) is 14.4. The van der Waals surface area contributed by atoms with Crippen molar-refractivity contribution in [1.82, 2.24) is 20.2 Å². The minimum Gasteiger partial charge on any atom is -0.368 e. The molecular weight excluding hydrogens is 288 g/mol. The van der Waals surface area contributed by atoms with Gasteiger partial charge < -0.3 is 10.2 Å². The predicted molar refractivity (Wildman–Crippen MR) is 89.6 cm³/mol. The van der Waals surface area contributed by atoms with Crippen LogP contribution < -0.4 is 10.2 Å². The second kappa shape index (κ2) is 6.10. The van der Waals surface area contributed by atoms with Crippen molar-refractivity contribution in [2.24, 2.45) is 5.92 Å². The third-order valence-corrected chi connectivity index (χ3v) is 4.78. The summed E-state index contributed by atoms with van der Waals surface area (Å²) in [5.41, 5.74) is 3.55. The first-order valence-electron chi connectivity index (χ1n) is 8.41. The standard InChI is InChI=1S/C17H22N6/c1-12-17(19-7-6-18-12)20-9-13-10-23(11-13)16-8-14-4-2-3-5-15(14)21-22-16/h6-8,13H,2-5,9-11H2,1H3,(H,19,20). The molecule has 0 saturated carbocycles. The van der Waals surface area contributed by atoms with Gasteiger partial charge in [-0.2, -0.15) is 5.10 Å². The summed E-state index contributed by atoms with van der Waals surface area (Å²) in [5, 5.41) is 12.2. The largest absolute Gasteiger partial charge is 0.368 e. The van der Waals surface area contributed by atoms with E-state index in [2.05, 4.69) is 36.4 Å². The van der Waals surface area contributed by atoms with Crippen molar-refractivity contribution in [2.45, 2.75) is 32.6 Å². The quantitative estimate of drug-likeness (QED) is 0.932. The van der Waals surface area contributed by atoms with Crippen LogP contribution in [0.2, 0.25) is 0 Å². The summed E-state index contributed by atoms with van der Waals surface area (Å²) in [4.78, 5) is 10.9. The fourth-order valence-electron chi connectivity index (χ4n) is 3.34. The van der Waals surface area contributed by atoms with E-state index in [9.17, 15) is 0 Å². The number of nitrogens with one attached hydrogen (secondary N) is 1. The molecule has 2 aromatic heterocycles. The number of nitrogens with zero attached hydrogens (tertiary/aromatic N) is 5. The molecule has 0 amide bonds. The maximum atomic E-state index is 4.43. The maximum absolute atomic E-state index is 4.43. The zero-order valence-electron chi connectivity index (χ0n) is 13.5. The van der Waals surface area contributed by atoms with Crippen LogP contribution in [0, 0.1) is 12.8 Å². The van der Waals surface area contributed by atoms with Crippen molar-refractivity contribution in [3.63, 3.8) is 0 Å². The van der Waals surface area contributed by atoms with Crippen LogP contribution in [-0.4, -0.2) is 39.8 Å². The zero-order chi connectivity index (χ0) is 15.6. The minimum atomic E-state index is 0.620. The van der Waals surface area contributed by atoms with E-state index in [1.54, 1.807) is 12.4 Å². The van der Waals surface area contributed by atoms with Crippen LogP contribution in [0.4, 0.5) is 11.6 Å². The minimum absolute atomic E-state index is 0.620. The highest BCUT2D eigenvalue weighted by Gasteiger charge is 2.28. The highest BCUT2D eigenvalue weighted by Crippen LogP contribution is 2.26. The molecule has 2 aliphatic rings. The van der Waals surface area contributed by atoms with Gasteiger partial charge in [0, 0.05) is 37.9 Å². The van der Waals surface area contributed by atoms with Gasteiger partial charge in [0.2, 0.25) is 0 Å². The number of aryl methyl sites for hydroxylation is 3. The van der Waals surface area contributed by atoms with E-state index < -0.39 is 0 Å². The molecular formula is C17H22N6. The molecule has 23 heavy (non-hydrogen) atoms. The molecule has 0 aromatic carbocycles. The van der Waals surface area contributed by atoms with Crippen LogP contribution in [0.3, 0.4) is 0 Å². The Bertz CT molecular complexity index is 695. The molecule has 4 rings (SSSR count). The van der Waals surface area contributed by atoms with E-state index in [1.165, 1.54) is 24.1 Å². The van der Waals surface area contributed by atoms with Gasteiger partial charge in [-0.3, -0.25) is 4.98 Å². The van der Waals surface area contributed by atoms with Crippen molar-refractivity contribution in [3.8, 4) is 0 Å². The second-order valence-corrected chi connectivity index (χ2v) is 6.52. The summed E-state index contributed by atoms with van der Waals surface area (Å²) >= 11 is 0. The number of rotatable bonds is 4. The van der Waals surface area contributed by atoms with Crippen LogP contribution in [0.5, 0.6) is 0 Å². The lowest BCUT2D eigenvalue weighted by atomic mass is 9.95. The van der Waals surface area contributed by atoms with Crippen molar-refractivity contribution < 1.29 is 0 Å². The third-order valence-electron chi connectivity index (χ3n) is 4.78. The Morgan fingerprint density at radius 3 is 2.83 bits per heavy atom. The van der Waals surface area contributed by atoms with Gasteiger partial charge in [0.15, 0.2) is 5.82 Å². The van der Waals surface area contributed by atoms with Gasteiger partial charge in [0.1, 0.15) is 5.82 Å². The molecule has 0 atom stereocenters. The van der Waals surface area contributed by atoms with Gasteiger partial charge in [-0.1, -0.05) is 0 Å². The zero-order valence-corrected chi connectivity index (χ0v) is 13.5. The average molecular weight is 310 g/mol. The summed E-state index contributed by atoms with van der Waals surface area (Å²) in [5.74, 6) is 2.55. The number of hydrogen-bond donors (Lipinski definition) is 1. The van der Waals surface area contributed by atoms with Crippen LogP contribution in [-0.2, 0) is 12.8 Å². The van der Waals surface area contributed by atoms with E-state index in [4.69, 9.17) is 0 Å². The summed E-state index contributed by atoms with van der Waals surface area (Å²) in [7, 11) is 0. The summed E-state index contributed by atoms with van der Waals surface area (Å²) in [6.07, 6.45) is 8.23. The Balaban J connectivity index is 1.32. The molecule has 0 bridgehead atoms. The van der Waals surface area contributed by atoms with Gasteiger partial charge in [-0.25, -0.2) is 4.98 Å². The molecule has 1 fully saturated rings. The fraction of sp³-hybridized carbons (Fsp3) is 0.529. The maximum Gasteiger partial charge on any atom is 0.151 e. The molecule has 1 aliphatic carbocycles. The Morgan fingerprint density at radius 2 is 1.96 bits per heavy atom. The lowest BCUT2D eigenvalue weighted by molar-refractivity contribution is 0.424. The van der Waals surface area contributed by atoms with Crippen molar-refractivity contribution >= 4 is 11.6 Å². The van der Waals surface area contributed by atoms with Crippen LogP contribution in [0.25, 0.3) is 0 Å². The van der Waals surface area contributed by atoms with Gasteiger partial charge in [0.25, 0.3) is 0 Å². The van der Waals surface area contributed by atoms with Gasteiger partial charge in [-0.15, -0.1) is 5.10 Å². The monoisotopic (exact) mass is 310 g/mol. The molecule has 0 radical (unpaired) electrons. The van der Waals surface area contributed by atoms with Gasteiger partial charge >= 0.3 is 0 Å². The number of fused-ring (bicyclic) bond motifs is 1. The van der Waals surface area contributed by atoms with Crippen LogP contribution in [0.15, 0.2) is 18.5 Å². The van der Waals surface area contributed by atoms with E-state index in [0.29, 0.717) is 5.92 Å². The summed E-state index contributed by atoms with van der Waals surface area (Å²) < 4.78 is 0. The fourth-order valence-corrected chi connectivity index (χ4v) is 3.34. The Hall–Kier alpha value is -2.24. The van der Waals surface area contributed by atoms with E-state index >= 15 is 0 Å². The second-order valence-electron chi connectivity index (χ2n) is 6.52. The van der Waals surface area contributed by atoms with Gasteiger partial charge in [0.05, 0.1) is 11.4 Å². The van der Waals surface area contributed by atoms with E-state index in [0.717, 1.165) is 49.8 Å². The molecule has 1 N–H and O–H groups in total. The van der Waals surface area contributed by atoms with E-state index in [1.807, 2.05) is 6.92 Å². The third kappa shape index (κ3) is 2.98. The molecule has 0 unspecified atom stereocenters. The topological polar surface area (TPSA) is 66.8 Å². The molecule has 1 aliphatic heterocycles. The Kier molecular flexibility index (Phi) is 3.81. The van der Waals surface area contributed by atoms with Crippen molar-refractivity contribution in [1.29, 1.82) is 0 Å². The normalized spacial score (nSPS) is 17.5. The average Bonchev–Trinajstić information content (AvgIpc) is 2.55. The van der Waals surface area contributed by atoms with Crippen LogP contribution in [0.1, 0.15) is 29.8 Å². The highest BCUT2D eigenvalue weighted by atomic mass is 15.3. The number of hydrogen-bond acceptors (Lipinski definition) is 6. The van der Waals surface area contributed by atoms with Gasteiger partial charge in [-0.05, 0) is 44.2 Å².